The number of benzene rings is 2. The summed E-state index contributed by atoms with van der Waals surface area (Å²) in [6, 6.07) is 12.8. The van der Waals surface area contributed by atoms with Gasteiger partial charge in [-0.1, -0.05) is 24.8 Å². The number of rotatable bonds is 7. The number of likely N-dealkylation sites (tertiary alicyclic amines) is 1. The maximum absolute atomic E-state index is 14.4. The molecule has 1 fully saturated rings. The summed E-state index contributed by atoms with van der Waals surface area (Å²) in [5, 5.41) is 16.9. The molecule has 0 saturated carbocycles. The van der Waals surface area contributed by atoms with Crippen LogP contribution in [-0.4, -0.2) is 66.8 Å². The van der Waals surface area contributed by atoms with E-state index in [-0.39, 0.29) is 18.9 Å². The summed E-state index contributed by atoms with van der Waals surface area (Å²) in [7, 11) is 3.44. The molecule has 1 aromatic heterocycles. The van der Waals surface area contributed by atoms with Crippen molar-refractivity contribution < 1.29 is 13.9 Å². The van der Waals surface area contributed by atoms with Gasteiger partial charge < -0.3 is 20.3 Å². The van der Waals surface area contributed by atoms with Gasteiger partial charge in [0.1, 0.15) is 11.9 Å². The number of hydrogen-bond donors (Lipinski definition) is 2. The number of fused-ring (bicyclic) bond motifs is 1. The van der Waals surface area contributed by atoms with Gasteiger partial charge >= 0.3 is 0 Å². The SMILES string of the molecule is C=C(C#N)CNc1c(OC)ccc2ccc(-c3ccnc(C(=O)N[C@@H]4CCN(C)C[C@@H]4F)n3)cc12. The van der Waals surface area contributed by atoms with Crippen molar-refractivity contribution in [3.63, 3.8) is 0 Å². The Morgan fingerprint density at radius 1 is 1.34 bits per heavy atom. The first-order chi connectivity index (χ1) is 16.9. The molecule has 2 atom stereocenters. The van der Waals surface area contributed by atoms with Crippen LogP contribution in [0.25, 0.3) is 22.0 Å². The van der Waals surface area contributed by atoms with E-state index in [0.29, 0.717) is 30.0 Å². The predicted molar refractivity (Wildman–Crippen MR) is 133 cm³/mol. The number of halogens is 1. The molecule has 0 radical (unpaired) electrons. The van der Waals surface area contributed by atoms with Crippen LogP contribution in [0.1, 0.15) is 17.0 Å². The molecule has 4 rings (SSSR count). The highest BCUT2D eigenvalue weighted by Crippen LogP contribution is 2.35. The number of amides is 1. The number of alkyl halides is 1. The number of anilines is 1. The minimum atomic E-state index is -1.14. The fourth-order valence-corrected chi connectivity index (χ4v) is 4.13. The maximum Gasteiger partial charge on any atom is 0.289 e. The number of nitriles is 1. The predicted octanol–water partition coefficient (Wildman–Crippen LogP) is 3.57. The number of piperidine rings is 1. The third-order valence-corrected chi connectivity index (χ3v) is 6.06. The van der Waals surface area contributed by atoms with Gasteiger partial charge in [-0.15, -0.1) is 0 Å². The summed E-state index contributed by atoms with van der Waals surface area (Å²) < 4.78 is 19.9. The van der Waals surface area contributed by atoms with Gasteiger partial charge in [-0.05, 0) is 37.1 Å². The summed E-state index contributed by atoms with van der Waals surface area (Å²) in [5.41, 5.74) is 2.45. The number of nitrogens with one attached hydrogen (secondary N) is 2. The fourth-order valence-electron chi connectivity index (χ4n) is 4.13. The lowest BCUT2D eigenvalue weighted by atomic mass is 10.0. The maximum atomic E-state index is 14.4. The van der Waals surface area contributed by atoms with Crippen LogP contribution in [0.15, 0.2) is 54.7 Å². The average Bonchev–Trinajstić information content (AvgIpc) is 2.88. The number of carbonyl (C=O) groups is 1. The summed E-state index contributed by atoms with van der Waals surface area (Å²) >= 11 is 0. The number of ether oxygens (including phenoxy) is 1. The molecule has 0 unspecified atom stereocenters. The minimum Gasteiger partial charge on any atom is -0.495 e. The zero-order valence-electron chi connectivity index (χ0n) is 19.7. The van der Waals surface area contributed by atoms with Crippen LogP contribution >= 0.6 is 0 Å². The molecule has 1 saturated heterocycles. The van der Waals surface area contributed by atoms with Crippen LogP contribution in [0.4, 0.5) is 10.1 Å². The van der Waals surface area contributed by atoms with Gasteiger partial charge in [0, 0.05) is 42.4 Å². The Morgan fingerprint density at radius 2 is 2.14 bits per heavy atom. The van der Waals surface area contributed by atoms with E-state index < -0.39 is 18.1 Å². The van der Waals surface area contributed by atoms with E-state index in [9.17, 15) is 9.18 Å². The monoisotopic (exact) mass is 474 g/mol. The number of nitrogens with zero attached hydrogens (tertiary/aromatic N) is 4. The molecule has 1 amide bonds. The second kappa shape index (κ2) is 10.5. The van der Waals surface area contributed by atoms with Gasteiger partial charge in [-0.3, -0.25) is 4.79 Å². The quantitative estimate of drug-likeness (QED) is 0.505. The van der Waals surface area contributed by atoms with Crippen LogP contribution in [0.3, 0.4) is 0 Å². The Kier molecular flexibility index (Phi) is 7.22. The molecule has 2 N–H and O–H groups in total. The standard InChI is InChI=1S/C26H27FN6O2/c1-16(13-28)14-30-24-19-12-18(5-4-17(19)6-7-23(24)35-3)21-8-10-29-25(31-21)26(34)32-22-9-11-33(2)15-20(22)27/h4-8,10,12,20,22,30H,1,9,11,14-15H2,2-3H3,(H,32,34)/t20-,22+/m0/s1. The van der Waals surface area contributed by atoms with Crippen molar-refractivity contribution in [3.05, 3.63) is 60.6 Å². The van der Waals surface area contributed by atoms with E-state index >= 15 is 0 Å². The average molecular weight is 475 g/mol. The smallest absolute Gasteiger partial charge is 0.289 e. The van der Waals surface area contributed by atoms with E-state index in [1.54, 1.807) is 13.2 Å². The summed E-state index contributed by atoms with van der Waals surface area (Å²) in [5.74, 6) is 0.119. The van der Waals surface area contributed by atoms with E-state index in [2.05, 4.69) is 27.2 Å². The van der Waals surface area contributed by atoms with Gasteiger partial charge in [-0.2, -0.15) is 5.26 Å². The van der Waals surface area contributed by atoms with Gasteiger partial charge in [0.05, 0.1) is 30.6 Å². The Morgan fingerprint density at radius 3 is 2.89 bits per heavy atom. The van der Waals surface area contributed by atoms with Crippen molar-refractivity contribution >= 4 is 22.4 Å². The highest BCUT2D eigenvalue weighted by molar-refractivity contribution is 5.99. The van der Waals surface area contributed by atoms with Crippen molar-refractivity contribution in [1.29, 1.82) is 5.26 Å². The first-order valence-electron chi connectivity index (χ1n) is 11.3. The zero-order valence-corrected chi connectivity index (χ0v) is 19.7. The van der Waals surface area contributed by atoms with Crippen LogP contribution < -0.4 is 15.4 Å². The third-order valence-electron chi connectivity index (χ3n) is 6.06. The van der Waals surface area contributed by atoms with E-state index in [1.807, 2.05) is 48.3 Å². The zero-order chi connectivity index (χ0) is 24.9. The molecule has 2 aromatic carbocycles. The van der Waals surface area contributed by atoms with Crippen molar-refractivity contribution in [2.45, 2.75) is 18.6 Å². The lowest BCUT2D eigenvalue weighted by molar-refractivity contribution is 0.0812. The lowest BCUT2D eigenvalue weighted by Crippen LogP contribution is -2.51. The first kappa shape index (κ1) is 24.1. The Hall–Kier alpha value is -4.03. The van der Waals surface area contributed by atoms with Crippen molar-refractivity contribution in [1.82, 2.24) is 20.2 Å². The van der Waals surface area contributed by atoms with Crippen LogP contribution in [0, 0.1) is 11.3 Å². The summed E-state index contributed by atoms with van der Waals surface area (Å²) in [6.07, 6.45) is 0.910. The molecule has 180 valence electrons. The molecular weight excluding hydrogens is 447 g/mol. The third kappa shape index (κ3) is 5.39. The second-order valence-electron chi connectivity index (χ2n) is 8.56. The molecule has 2 heterocycles. The molecular formula is C26H27FN6O2. The number of aromatic nitrogens is 2. The normalized spacial score (nSPS) is 18.0. The van der Waals surface area contributed by atoms with Gasteiger partial charge in [0.25, 0.3) is 5.91 Å². The molecule has 0 bridgehead atoms. The largest absolute Gasteiger partial charge is 0.495 e. The van der Waals surface area contributed by atoms with Crippen LogP contribution in [0.2, 0.25) is 0 Å². The molecule has 1 aliphatic rings. The summed E-state index contributed by atoms with van der Waals surface area (Å²) in [4.78, 5) is 23.2. The van der Waals surface area contributed by atoms with Gasteiger partial charge in [-0.25, -0.2) is 14.4 Å². The highest BCUT2D eigenvalue weighted by atomic mass is 19.1. The topological polar surface area (TPSA) is 103 Å². The number of methoxy groups -OCH3 is 1. The number of hydrogen-bond acceptors (Lipinski definition) is 7. The van der Waals surface area contributed by atoms with E-state index in [0.717, 1.165) is 22.0 Å². The Balaban J connectivity index is 1.63. The lowest BCUT2D eigenvalue weighted by Gasteiger charge is -2.32. The van der Waals surface area contributed by atoms with Crippen molar-refractivity contribution in [2.24, 2.45) is 0 Å². The molecule has 3 aromatic rings. The molecule has 35 heavy (non-hydrogen) atoms. The molecule has 1 aliphatic heterocycles. The van der Waals surface area contributed by atoms with Crippen molar-refractivity contribution in [2.75, 3.05) is 39.1 Å². The molecule has 0 aliphatic carbocycles. The Labute approximate surface area is 203 Å². The molecule has 0 spiro atoms. The van der Waals surface area contributed by atoms with Crippen LogP contribution in [-0.2, 0) is 0 Å². The van der Waals surface area contributed by atoms with E-state index in [4.69, 9.17) is 10.00 Å². The van der Waals surface area contributed by atoms with E-state index in [1.165, 1.54) is 6.20 Å². The van der Waals surface area contributed by atoms with Gasteiger partial charge in [0.2, 0.25) is 5.82 Å². The molecule has 8 nitrogen and oxygen atoms in total. The first-order valence-corrected chi connectivity index (χ1v) is 11.3. The number of carbonyl (C=O) groups excluding carboxylic acids is 1. The highest BCUT2D eigenvalue weighted by Gasteiger charge is 2.29. The van der Waals surface area contributed by atoms with Crippen LogP contribution in [0.5, 0.6) is 5.75 Å². The second-order valence-corrected chi connectivity index (χ2v) is 8.56. The van der Waals surface area contributed by atoms with Crippen molar-refractivity contribution in [3.8, 4) is 23.1 Å². The molecule has 9 heteroatoms. The van der Waals surface area contributed by atoms with Gasteiger partial charge in [0.15, 0.2) is 0 Å². The minimum absolute atomic E-state index is 0.0111. The fraction of sp³-hybridized carbons (Fsp3) is 0.308. The summed E-state index contributed by atoms with van der Waals surface area (Å²) in [6.45, 7) is 4.99. The Bertz CT molecular complexity index is 1300.